The Morgan fingerprint density at radius 1 is 1.12 bits per heavy atom. The number of hydrogen-bond acceptors (Lipinski definition) is 5. The van der Waals surface area contributed by atoms with E-state index in [2.05, 4.69) is 10.3 Å². The van der Waals surface area contributed by atoms with Crippen molar-refractivity contribution in [3.8, 4) is 5.75 Å². The SMILES string of the molecule is Cc1cc(O)c(C2=Nc3ccccc3N[C@H](c3ccccc3)C2)c(=O)o1. The molecule has 2 aromatic carbocycles. The molecule has 130 valence electrons. The number of anilines is 1. The van der Waals surface area contributed by atoms with Gasteiger partial charge in [0.15, 0.2) is 0 Å². The zero-order valence-electron chi connectivity index (χ0n) is 14.3. The molecule has 1 atom stereocenters. The highest BCUT2D eigenvalue weighted by atomic mass is 16.4. The summed E-state index contributed by atoms with van der Waals surface area (Å²) in [7, 11) is 0. The topological polar surface area (TPSA) is 74.8 Å². The molecule has 26 heavy (non-hydrogen) atoms. The Morgan fingerprint density at radius 3 is 2.62 bits per heavy atom. The van der Waals surface area contributed by atoms with Gasteiger partial charge in [0.1, 0.15) is 17.1 Å². The van der Waals surface area contributed by atoms with Gasteiger partial charge in [-0.1, -0.05) is 42.5 Å². The molecule has 0 amide bonds. The highest BCUT2D eigenvalue weighted by Crippen LogP contribution is 2.35. The van der Waals surface area contributed by atoms with E-state index in [0.29, 0.717) is 17.9 Å². The molecule has 0 saturated carbocycles. The first-order valence-electron chi connectivity index (χ1n) is 8.44. The number of fused-ring (bicyclic) bond motifs is 1. The van der Waals surface area contributed by atoms with Crippen molar-refractivity contribution in [1.82, 2.24) is 0 Å². The van der Waals surface area contributed by atoms with E-state index in [1.54, 1.807) is 6.92 Å². The molecule has 0 fully saturated rings. The fourth-order valence-corrected chi connectivity index (χ4v) is 3.22. The van der Waals surface area contributed by atoms with Gasteiger partial charge >= 0.3 is 5.63 Å². The van der Waals surface area contributed by atoms with Crippen LogP contribution in [0.3, 0.4) is 0 Å². The van der Waals surface area contributed by atoms with Crippen LogP contribution in [0.2, 0.25) is 0 Å². The quantitative estimate of drug-likeness (QED) is 0.724. The summed E-state index contributed by atoms with van der Waals surface area (Å²) >= 11 is 0. The maximum atomic E-state index is 12.4. The fourth-order valence-electron chi connectivity index (χ4n) is 3.22. The molecule has 2 N–H and O–H groups in total. The predicted octanol–water partition coefficient (Wildman–Crippen LogP) is 4.33. The zero-order valence-corrected chi connectivity index (χ0v) is 14.3. The normalized spacial score (nSPS) is 16.2. The van der Waals surface area contributed by atoms with Crippen LogP contribution in [0.5, 0.6) is 5.75 Å². The lowest BCUT2D eigenvalue weighted by atomic mass is 9.97. The third-order valence-corrected chi connectivity index (χ3v) is 4.43. The van der Waals surface area contributed by atoms with Crippen molar-refractivity contribution in [1.29, 1.82) is 0 Å². The van der Waals surface area contributed by atoms with Gasteiger partial charge < -0.3 is 14.8 Å². The Morgan fingerprint density at radius 2 is 1.85 bits per heavy atom. The lowest BCUT2D eigenvalue weighted by Crippen LogP contribution is -2.19. The maximum Gasteiger partial charge on any atom is 0.348 e. The van der Waals surface area contributed by atoms with Gasteiger partial charge in [-0.2, -0.15) is 0 Å². The van der Waals surface area contributed by atoms with Crippen molar-refractivity contribution in [2.24, 2.45) is 4.99 Å². The van der Waals surface area contributed by atoms with Gasteiger partial charge in [-0.05, 0) is 24.6 Å². The standard InChI is InChI=1S/C21H18N2O3/c1-13-11-19(24)20(21(25)26-13)18-12-17(14-7-3-2-4-8-14)22-15-9-5-6-10-16(15)23-18/h2-11,17,22,24H,12H2,1H3/t17-/m0/s1. The molecule has 2 heterocycles. The van der Waals surface area contributed by atoms with Crippen molar-refractivity contribution < 1.29 is 9.52 Å². The van der Waals surface area contributed by atoms with E-state index in [-0.39, 0.29) is 17.4 Å². The Kier molecular flexibility index (Phi) is 4.05. The highest BCUT2D eigenvalue weighted by Gasteiger charge is 2.25. The third kappa shape index (κ3) is 2.99. The predicted molar refractivity (Wildman–Crippen MR) is 101 cm³/mol. The van der Waals surface area contributed by atoms with Crippen LogP contribution in [-0.2, 0) is 0 Å². The molecule has 4 rings (SSSR count). The average Bonchev–Trinajstić information content (AvgIpc) is 2.81. The molecule has 0 spiro atoms. The van der Waals surface area contributed by atoms with Gasteiger partial charge in [0.05, 0.1) is 23.1 Å². The molecule has 0 radical (unpaired) electrons. The second-order valence-corrected chi connectivity index (χ2v) is 6.29. The van der Waals surface area contributed by atoms with Crippen molar-refractivity contribution in [3.63, 3.8) is 0 Å². The molecule has 1 aromatic heterocycles. The van der Waals surface area contributed by atoms with Crippen molar-refractivity contribution in [2.75, 3.05) is 5.32 Å². The first kappa shape index (κ1) is 16.1. The first-order valence-corrected chi connectivity index (χ1v) is 8.44. The van der Waals surface area contributed by atoms with E-state index < -0.39 is 5.63 Å². The summed E-state index contributed by atoms with van der Waals surface area (Å²) in [5, 5.41) is 13.9. The van der Waals surface area contributed by atoms with Crippen LogP contribution in [0.25, 0.3) is 0 Å². The van der Waals surface area contributed by atoms with Gasteiger partial charge in [-0.15, -0.1) is 0 Å². The molecular formula is C21H18N2O3. The first-order chi connectivity index (χ1) is 12.6. The largest absolute Gasteiger partial charge is 0.507 e. The summed E-state index contributed by atoms with van der Waals surface area (Å²) in [4.78, 5) is 17.1. The Bertz CT molecular complexity index is 1040. The Hall–Kier alpha value is -3.34. The molecule has 5 nitrogen and oxygen atoms in total. The summed E-state index contributed by atoms with van der Waals surface area (Å²) in [5.41, 5.74) is 2.73. The Balaban J connectivity index is 1.88. The van der Waals surface area contributed by atoms with Gasteiger partial charge in [0, 0.05) is 12.5 Å². The highest BCUT2D eigenvalue weighted by molar-refractivity contribution is 6.05. The van der Waals surface area contributed by atoms with E-state index >= 15 is 0 Å². The molecule has 0 saturated heterocycles. The van der Waals surface area contributed by atoms with Crippen LogP contribution in [0.4, 0.5) is 11.4 Å². The van der Waals surface area contributed by atoms with Crippen molar-refractivity contribution >= 4 is 17.1 Å². The minimum absolute atomic E-state index is 0.0845. The molecule has 0 aliphatic carbocycles. The van der Waals surface area contributed by atoms with E-state index in [9.17, 15) is 9.90 Å². The fraction of sp³-hybridized carbons (Fsp3) is 0.143. The van der Waals surface area contributed by atoms with E-state index in [1.165, 1.54) is 6.07 Å². The van der Waals surface area contributed by atoms with E-state index in [0.717, 1.165) is 16.9 Å². The van der Waals surface area contributed by atoms with Gasteiger partial charge in [0.2, 0.25) is 0 Å². The molecule has 0 unspecified atom stereocenters. The lowest BCUT2D eigenvalue weighted by molar-refractivity contribution is 0.432. The molecule has 0 bridgehead atoms. The number of benzene rings is 2. The number of rotatable bonds is 2. The molecule has 1 aliphatic rings. The van der Waals surface area contributed by atoms with Crippen LogP contribution >= 0.6 is 0 Å². The molecule has 5 heteroatoms. The van der Waals surface area contributed by atoms with Crippen molar-refractivity contribution in [3.05, 3.63) is 88.0 Å². The van der Waals surface area contributed by atoms with Crippen LogP contribution < -0.4 is 10.9 Å². The summed E-state index contributed by atoms with van der Waals surface area (Å²) in [6, 6.07) is 19.0. The number of hydrogen-bond donors (Lipinski definition) is 2. The smallest absolute Gasteiger partial charge is 0.348 e. The number of para-hydroxylation sites is 2. The van der Waals surface area contributed by atoms with Gasteiger partial charge in [-0.3, -0.25) is 4.99 Å². The number of aryl methyl sites for hydroxylation is 1. The number of nitrogens with one attached hydrogen (secondary N) is 1. The second kappa shape index (κ2) is 6.52. The van der Waals surface area contributed by atoms with Crippen LogP contribution in [0.1, 0.15) is 29.3 Å². The van der Waals surface area contributed by atoms with Crippen LogP contribution in [0, 0.1) is 6.92 Å². The molecular weight excluding hydrogens is 328 g/mol. The monoisotopic (exact) mass is 346 g/mol. The summed E-state index contributed by atoms with van der Waals surface area (Å²) < 4.78 is 5.20. The average molecular weight is 346 g/mol. The summed E-state index contributed by atoms with van der Waals surface area (Å²) in [6.07, 6.45) is 0.445. The molecule has 1 aliphatic heterocycles. The third-order valence-electron chi connectivity index (χ3n) is 4.43. The minimum atomic E-state index is -0.576. The van der Waals surface area contributed by atoms with Crippen LogP contribution in [-0.4, -0.2) is 10.8 Å². The van der Waals surface area contributed by atoms with Crippen LogP contribution in [0.15, 0.2) is 74.9 Å². The molecule has 3 aromatic rings. The van der Waals surface area contributed by atoms with E-state index in [1.807, 2.05) is 54.6 Å². The van der Waals surface area contributed by atoms with Crippen molar-refractivity contribution in [2.45, 2.75) is 19.4 Å². The van der Waals surface area contributed by atoms with E-state index in [4.69, 9.17) is 4.42 Å². The summed E-state index contributed by atoms with van der Waals surface area (Å²) in [6.45, 7) is 1.63. The van der Waals surface area contributed by atoms with Gasteiger partial charge in [-0.25, -0.2) is 4.79 Å². The second-order valence-electron chi connectivity index (χ2n) is 6.29. The zero-order chi connectivity index (χ0) is 18.1. The number of aromatic hydroxyl groups is 1. The van der Waals surface area contributed by atoms with Gasteiger partial charge in [0.25, 0.3) is 0 Å². The number of nitrogens with zero attached hydrogens (tertiary/aromatic N) is 1. The Labute approximate surface area is 150 Å². The maximum absolute atomic E-state index is 12.4. The summed E-state index contributed by atoms with van der Waals surface area (Å²) in [5.74, 6) is 0.257. The minimum Gasteiger partial charge on any atom is -0.507 e. The number of aliphatic imine (C=N–C) groups is 1. The lowest BCUT2D eigenvalue weighted by Gasteiger charge is -2.19.